The van der Waals surface area contributed by atoms with E-state index in [9.17, 15) is 18.0 Å². The zero-order chi connectivity index (χ0) is 19.9. The third kappa shape index (κ3) is 5.45. The number of nitrogens with one attached hydrogen (secondary N) is 3. The predicted octanol–water partition coefficient (Wildman–Crippen LogP) is 1.77. The molecule has 0 heterocycles. The molecular weight excluding hydrogens is 368 g/mol. The molecule has 0 saturated heterocycles. The monoisotopic (exact) mass is 390 g/mol. The zero-order valence-corrected chi connectivity index (χ0v) is 15.9. The normalized spacial score (nSPS) is 10.7. The third-order valence-electron chi connectivity index (χ3n) is 3.66. The highest BCUT2D eigenvalue weighted by atomic mass is 32.2. The van der Waals surface area contributed by atoms with Gasteiger partial charge >= 0.3 is 6.03 Å². The molecule has 2 aromatic carbocycles. The molecule has 0 aliphatic rings. The molecule has 2 rings (SSSR count). The van der Waals surface area contributed by atoms with Gasteiger partial charge in [-0.05, 0) is 37.3 Å². The van der Waals surface area contributed by atoms with Gasteiger partial charge in [0.25, 0.3) is 10.0 Å². The largest absolute Gasteiger partial charge is 0.376 e. The van der Waals surface area contributed by atoms with Crippen LogP contribution in [0.15, 0.2) is 59.5 Å². The average Bonchev–Trinajstić information content (AvgIpc) is 2.67. The fourth-order valence-corrected chi connectivity index (χ4v) is 3.50. The van der Waals surface area contributed by atoms with Crippen molar-refractivity contribution in [1.29, 1.82) is 0 Å². The lowest BCUT2D eigenvalue weighted by Crippen LogP contribution is -2.41. The number of urea groups is 1. The second kappa shape index (κ2) is 9.04. The predicted molar refractivity (Wildman–Crippen MR) is 104 cm³/mol. The molecule has 144 valence electrons. The van der Waals surface area contributed by atoms with Crippen LogP contribution in [0.3, 0.4) is 0 Å². The van der Waals surface area contributed by atoms with Gasteiger partial charge in [0.05, 0.1) is 17.1 Å². The van der Waals surface area contributed by atoms with Gasteiger partial charge in [-0.2, -0.15) is 0 Å². The van der Waals surface area contributed by atoms with Gasteiger partial charge in [-0.3, -0.25) is 14.4 Å². The van der Waals surface area contributed by atoms with Crippen LogP contribution >= 0.6 is 0 Å². The Labute approximate surface area is 158 Å². The Kier molecular flexibility index (Phi) is 6.78. The maximum atomic E-state index is 12.8. The first-order valence-electron chi connectivity index (χ1n) is 8.30. The van der Waals surface area contributed by atoms with E-state index in [-0.39, 0.29) is 11.4 Å². The molecule has 0 saturated carbocycles. The van der Waals surface area contributed by atoms with Gasteiger partial charge in [0.2, 0.25) is 5.91 Å². The molecule has 3 amide bonds. The van der Waals surface area contributed by atoms with Gasteiger partial charge in [0, 0.05) is 19.3 Å². The minimum Gasteiger partial charge on any atom is -0.376 e. The van der Waals surface area contributed by atoms with Gasteiger partial charge in [-0.1, -0.05) is 24.3 Å². The number of imide groups is 1. The number of hydrogen-bond donors (Lipinski definition) is 3. The number of benzene rings is 2. The summed E-state index contributed by atoms with van der Waals surface area (Å²) in [5.41, 5.74) is 0.987. The van der Waals surface area contributed by atoms with Crippen molar-refractivity contribution in [1.82, 2.24) is 10.6 Å². The van der Waals surface area contributed by atoms with Crippen molar-refractivity contribution < 1.29 is 18.0 Å². The van der Waals surface area contributed by atoms with E-state index in [0.29, 0.717) is 17.9 Å². The molecule has 0 fully saturated rings. The molecule has 2 aromatic rings. The summed E-state index contributed by atoms with van der Waals surface area (Å²) in [7, 11) is -2.27. The number of sulfonamides is 1. The van der Waals surface area contributed by atoms with E-state index in [4.69, 9.17) is 0 Å². The maximum Gasteiger partial charge on any atom is 0.321 e. The van der Waals surface area contributed by atoms with Crippen LogP contribution in [0.1, 0.15) is 6.92 Å². The van der Waals surface area contributed by atoms with E-state index in [1.54, 1.807) is 49.4 Å². The fraction of sp³-hybridized carbons (Fsp3) is 0.222. The molecule has 27 heavy (non-hydrogen) atoms. The summed E-state index contributed by atoms with van der Waals surface area (Å²) in [6, 6.07) is 14.3. The second-order valence-electron chi connectivity index (χ2n) is 5.60. The number of para-hydroxylation sites is 1. The van der Waals surface area contributed by atoms with E-state index >= 15 is 0 Å². The van der Waals surface area contributed by atoms with Crippen LogP contribution in [0.25, 0.3) is 0 Å². The second-order valence-corrected chi connectivity index (χ2v) is 7.57. The Balaban J connectivity index is 2.08. The number of amides is 3. The van der Waals surface area contributed by atoms with E-state index in [1.807, 2.05) is 0 Å². The minimum absolute atomic E-state index is 0.0861. The van der Waals surface area contributed by atoms with Crippen molar-refractivity contribution in [2.75, 3.05) is 29.8 Å². The van der Waals surface area contributed by atoms with Crippen LogP contribution < -0.4 is 20.3 Å². The van der Waals surface area contributed by atoms with Gasteiger partial charge in [-0.25, -0.2) is 13.2 Å². The summed E-state index contributed by atoms with van der Waals surface area (Å²) < 4.78 is 26.8. The van der Waals surface area contributed by atoms with Gasteiger partial charge in [0.15, 0.2) is 0 Å². The topological polar surface area (TPSA) is 108 Å². The van der Waals surface area contributed by atoms with Gasteiger partial charge < -0.3 is 10.6 Å². The lowest BCUT2D eigenvalue weighted by Gasteiger charge is -2.20. The molecule has 8 nitrogen and oxygen atoms in total. The maximum absolute atomic E-state index is 12.8. The highest BCUT2D eigenvalue weighted by Crippen LogP contribution is 2.23. The highest BCUT2D eigenvalue weighted by molar-refractivity contribution is 7.92. The molecular formula is C18H22N4O4S. The Morgan fingerprint density at radius 1 is 1.04 bits per heavy atom. The minimum atomic E-state index is -3.75. The summed E-state index contributed by atoms with van der Waals surface area (Å²) in [6.45, 7) is 1.97. The molecule has 0 atom stereocenters. The molecule has 0 unspecified atom stereocenters. The van der Waals surface area contributed by atoms with Crippen LogP contribution in [-0.4, -0.2) is 40.5 Å². The zero-order valence-electron chi connectivity index (χ0n) is 15.1. The Morgan fingerprint density at radius 2 is 1.74 bits per heavy atom. The summed E-state index contributed by atoms with van der Waals surface area (Å²) in [5.74, 6) is -0.532. The highest BCUT2D eigenvalue weighted by Gasteiger charge is 2.21. The summed E-state index contributed by atoms with van der Waals surface area (Å²) in [6.07, 6.45) is 0. The lowest BCUT2D eigenvalue weighted by molar-refractivity contribution is -0.118. The van der Waals surface area contributed by atoms with Crippen molar-refractivity contribution in [3.05, 3.63) is 54.6 Å². The van der Waals surface area contributed by atoms with Crippen molar-refractivity contribution in [2.45, 2.75) is 11.8 Å². The number of hydrogen-bond acceptors (Lipinski definition) is 5. The van der Waals surface area contributed by atoms with Crippen LogP contribution in [0.5, 0.6) is 0 Å². The molecule has 0 spiro atoms. The van der Waals surface area contributed by atoms with E-state index in [1.165, 1.54) is 23.5 Å². The summed E-state index contributed by atoms with van der Waals surface area (Å²) in [5, 5.41) is 7.41. The molecule has 9 heteroatoms. The number of nitrogens with zero attached hydrogens (tertiary/aromatic N) is 1. The Bertz CT molecular complexity index is 901. The fourth-order valence-electron chi connectivity index (χ4n) is 2.26. The van der Waals surface area contributed by atoms with Gasteiger partial charge in [-0.15, -0.1) is 0 Å². The van der Waals surface area contributed by atoms with E-state index in [2.05, 4.69) is 16.0 Å². The standard InChI is InChI=1S/C18H22N4O4S/c1-3-19-18(24)21-17(23)13-20-14-8-7-11-16(12-14)27(25,26)22(2)15-9-5-4-6-10-15/h4-12,20H,3,13H2,1-2H3,(H2,19,21,23,24). The van der Waals surface area contributed by atoms with Crippen molar-refractivity contribution in [3.8, 4) is 0 Å². The van der Waals surface area contributed by atoms with Crippen molar-refractivity contribution in [3.63, 3.8) is 0 Å². The quantitative estimate of drug-likeness (QED) is 0.668. The SMILES string of the molecule is CCNC(=O)NC(=O)CNc1cccc(S(=O)(=O)N(C)c2ccccc2)c1. The molecule has 0 aromatic heterocycles. The Morgan fingerprint density at radius 3 is 2.41 bits per heavy atom. The number of carbonyl (C=O) groups excluding carboxylic acids is 2. The van der Waals surface area contributed by atoms with Crippen LogP contribution in [0.4, 0.5) is 16.2 Å². The number of rotatable bonds is 7. The van der Waals surface area contributed by atoms with E-state index in [0.717, 1.165) is 0 Å². The molecule has 0 radical (unpaired) electrons. The number of anilines is 2. The molecule has 0 bridgehead atoms. The first-order valence-corrected chi connectivity index (χ1v) is 9.74. The van der Waals surface area contributed by atoms with Crippen molar-refractivity contribution in [2.24, 2.45) is 0 Å². The smallest absolute Gasteiger partial charge is 0.321 e. The molecule has 0 aliphatic carbocycles. The average molecular weight is 390 g/mol. The molecule has 3 N–H and O–H groups in total. The lowest BCUT2D eigenvalue weighted by atomic mass is 10.3. The summed E-state index contributed by atoms with van der Waals surface area (Å²) >= 11 is 0. The number of carbonyl (C=O) groups is 2. The van der Waals surface area contributed by atoms with Gasteiger partial charge in [0.1, 0.15) is 0 Å². The third-order valence-corrected chi connectivity index (χ3v) is 5.44. The van der Waals surface area contributed by atoms with E-state index < -0.39 is 22.0 Å². The molecule has 0 aliphatic heterocycles. The first kappa shape index (κ1) is 20.2. The van der Waals surface area contributed by atoms with Crippen LogP contribution in [-0.2, 0) is 14.8 Å². The van der Waals surface area contributed by atoms with Crippen LogP contribution in [0.2, 0.25) is 0 Å². The summed E-state index contributed by atoms with van der Waals surface area (Å²) in [4.78, 5) is 23.1. The Hall–Kier alpha value is -3.07. The van der Waals surface area contributed by atoms with Crippen LogP contribution in [0, 0.1) is 0 Å². The van der Waals surface area contributed by atoms with Crippen molar-refractivity contribution >= 4 is 33.3 Å². The first-order chi connectivity index (χ1) is 12.8.